The third kappa shape index (κ3) is 5.25. The Hall–Kier alpha value is -2.98. The number of hydrogen-bond donors (Lipinski definition) is 1. The van der Waals surface area contributed by atoms with Gasteiger partial charge in [0.1, 0.15) is 5.75 Å². The smallest absolute Gasteiger partial charge is 0.218 e. The van der Waals surface area contributed by atoms with Crippen molar-refractivity contribution in [1.29, 1.82) is 5.26 Å². The van der Waals surface area contributed by atoms with Gasteiger partial charge in [0.05, 0.1) is 12.6 Å². The topological polar surface area (TPSA) is 79.3 Å². The molecule has 0 spiro atoms. The lowest BCUT2D eigenvalue weighted by Gasteiger charge is -2.29. The minimum Gasteiger partial charge on any atom is -0.451 e. The molecule has 0 saturated heterocycles. The lowest BCUT2D eigenvalue weighted by atomic mass is 10.0. The summed E-state index contributed by atoms with van der Waals surface area (Å²) >= 11 is 0. The van der Waals surface area contributed by atoms with Gasteiger partial charge >= 0.3 is 0 Å². The number of halogens is 2. The highest BCUT2D eigenvalue weighted by molar-refractivity contribution is 5.73. The van der Waals surface area contributed by atoms with Crippen molar-refractivity contribution in [2.24, 2.45) is 5.73 Å². The Morgan fingerprint density at radius 1 is 1.26 bits per heavy atom. The molecule has 0 aliphatic rings. The molecule has 0 unspecified atom stereocenters. The average Bonchev–Trinajstić information content (AvgIpc) is 2.66. The monoisotopic (exact) mass is 373 g/mol. The molecule has 5 nitrogen and oxygen atoms in total. The first-order valence-corrected chi connectivity index (χ1v) is 8.58. The van der Waals surface area contributed by atoms with Gasteiger partial charge < -0.3 is 10.5 Å². The van der Waals surface area contributed by atoms with E-state index in [0.717, 1.165) is 6.07 Å². The minimum atomic E-state index is -0.826. The molecule has 2 N–H and O–H groups in total. The predicted octanol–water partition coefficient (Wildman–Crippen LogP) is 3.91. The van der Waals surface area contributed by atoms with Crippen LogP contribution in [0.4, 0.5) is 8.78 Å². The zero-order valence-corrected chi connectivity index (χ0v) is 15.0. The van der Waals surface area contributed by atoms with E-state index in [2.05, 4.69) is 0 Å². The molecule has 2 aromatic carbocycles. The molecule has 0 bridgehead atoms. The predicted molar refractivity (Wildman–Crippen MR) is 96.9 cm³/mol. The van der Waals surface area contributed by atoms with Gasteiger partial charge in [0.25, 0.3) is 0 Å². The first kappa shape index (κ1) is 20.3. The summed E-state index contributed by atoms with van der Waals surface area (Å²) in [4.78, 5) is 12.7. The second-order valence-electron chi connectivity index (χ2n) is 5.96. The van der Waals surface area contributed by atoms with E-state index in [4.69, 9.17) is 15.7 Å². The molecule has 2 rings (SSSR count). The maximum atomic E-state index is 15.1. The summed E-state index contributed by atoms with van der Waals surface area (Å²) in [6.45, 7) is 2.00. The summed E-state index contributed by atoms with van der Waals surface area (Å²) in [7, 11) is 0. The maximum Gasteiger partial charge on any atom is 0.218 e. The van der Waals surface area contributed by atoms with Crippen molar-refractivity contribution in [2.45, 2.75) is 25.8 Å². The number of nitrogens with zero attached hydrogens (tertiary/aromatic N) is 2. The molecule has 27 heavy (non-hydrogen) atoms. The van der Waals surface area contributed by atoms with Crippen molar-refractivity contribution in [3.63, 3.8) is 0 Å². The Balaban J connectivity index is 2.38. The average molecular weight is 373 g/mol. The SMILES string of the molecule is CC[C@@H](c1ccc(F)c(Oc2ccccc2)c1F)N(CC#N)CCC(N)=O. The largest absolute Gasteiger partial charge is 0.451 e. The normalized spacial score (nSPS) is 11.8. The molecule has 0 aromatic heterocycles. The van der Waals surface area contributed by atoms with Gasteiger partial charge in [-0.3, -0.25) is 9.69 Å². The van der Waals surface area contributed by atoms with Gasteiger partial charge in [-0.2, -0.15) is 5.26 Å². The first-order valence-electron chi connectivity index (χ1n) is 8.58. The van der Waals surface area contributed by atoms with Crippen LogP contribution < -0.4 is 10.5 Å². The summed E-state index contributed by atoms with van der Waals surface area (Å²) in [6.07, 6.45) is 0.488. The summed E-state index contributed by atoms with van der Waals surface area (Å²) in [5.41, 5.74) is 5.38. The number of nitrogens with two attached hydrogens (primary N) is 1. The Kier molecular flexibility index (Phi) is 7.26. The fraction of sp³-hybridized carbons (Fsp3) is 0.300. The quantitative estimate of drug-likeness (QED) is 0.676. The molecule has 0 fully saturated rings. The van der Waals surface area contributed by atoms with Crippen molar-refractivity contribution in [1.82, 2.24) is 4.90 Å². The summed E-state index contributed by atoms with van der Waals surface area (Å²) in [5, 5.41) is 9.07. The van der Waals surface area contributed by atoms with Crippen LogP contribution in [0.5, 0.6) is 11.5 Å². The Bertz CT molecular complexity index is 822. The zero-order chi connectivity index (χ0) is 19.8. The number of rotatable bonds is 9. The number of hydrogen-bond acceptors (Lipinski definition) is 4. The summed E-state index contributed by atoms with van der Waals surface area (Å²) in [5.74, 6) is -2.35. The second-order valence-corrected chi connectivity index (χ2v) is 5.96. The number of amides is 1. The van der Waals surface area contributed by atoms with E-state index in [1.54, 1.807) is 35.2 Å². The second kappa shape index (κ2) is 9.64. The van der Waals surface area contributed by atoms with Crippen molar-refractivity contribution >= 4 is 5.91 Å². The van der Waals surface area contributed by atoms with Crippen LogP contribution in [0.15, 0.2) is 42.5 Å². The van der Waals surface area contributed by atoms with E-state index >= 15 is 4.39 Å². The molecule has 0 heterocycles. The molecule has 1 atom stereocenters. The lowest BCUT2D eigenvalue weighted by Crippen LogP contribution is -2.33. The van der Waals surface area contributed by atoms with E-state index < -0.39 is 29.3 Å². The zero-order valence-electron chi connectivity index (χ0n) is 15.0. The van der Waals surface area contributed by atoms with E-state index in [9.17, 15) is 9.18 Å². The van der Waals surface area contributed by atoms with Gasteiger partial charge in [-0.15, -0.1) is 0 Å². The number of ether oxygens (including phenoxy) is 1. The third-order valence-electron chi connectivity index (χ3n) is 4.15. The maximum absolute atomic E-state index is 15.1. The van der Waals surface area contributed by atoms with E-state index in [-0.39, 0.29) is 25.1 Å². The molecule has 0 aliphatic carbocycles. The van der Waals surface area contributed by atoms with Gasteiger partial charge in [0.15, 0.2) is 17.4 Å². The van der Waals surface area contributed by atoms with Crippen LogP contribution in [-0.2, 0) is 4.79 Å². The van der Waals surface area contributed by atoms with Crippen LogP contribution in [-0.4, -0.2) is 23.9 Å². The van der Waals surface area contributed by atoms with Crippen LogP contribution in [0, 0.1) is 23.0 Å². The number of benzene rings is 2. The van der Waals surface area contributed by atoms with Gasteiger partial charge in [0, 0.05) is 24.6 Å². The van der Waals surface area contributed by atoms with Crippen LogP contribution in [0.3, 0.4) is 0 Å². The standard InChI is InChI=1S/C20H21F2N3O2/c1-2-17(25(13-11-23)12-10-18(24)26)15-8-9-16(21)20(19(15)22)27-14-6-4-3-5-7-14/h3-9,17H,2,10,12-13H2,1H3,(H2,24,26)/t17-/m0/s1. The molecular formula is C20H21F2N3O2. The van der Waals surface area contributed by atoms with Gasteiger partial charge in [-0.05, 0) is 24.6 Å². The fourth-order valence-corrected chi connectivity index (χ4v) is 2.87. The highest BCUT2D eigenvalue weighted by Gasteiger charge is 2.26. The highest BCUT2D eigenvalue weighted by Crippen LogP contribution is 2.35. The first-order chi connectivity index (χ1) is 13.0. The molecule has 0 saturated carbocycles. The van der Waals surface area contributed by atoms with Crippen molar-refractivity contribution in [2.75, 3.05) is 13.1 Å². The summed E-state index contributed by atoms with van der Waals surface area (Å²) in [6, 6.07) is 12.3. The Labute approximate surface area is 157 Å². The highest BCUT2D eigenvalue weighted by atomic mass is 19.1. The molecule has 142 valence electrons. The van der Waals surface area contributed by atoms with Crippen molar-refractivity contribution in [3.8, 4) is 17.6 Å². The van der Waals surface area contributed by atoms with Gasteiger partial charge in [-0.25, -0.2) is 8.78 Å². The third-order valence-corrected chi connectivity index (χ3v) is 4.15. The Morgan fingerprint density at radius 2 is 1.96 bits per heavy atom. The number of primary amides is 1. The molecule has 7 heteroatoms. The van der Waals surface area contributed by atoms with Crippen molar-refractivity contribution < 1.29 is 18.3 Å². The number of nitriles is 1. The molecule has 2 aromatic rings. The minimum absolute atomic E-state index is 0.0164. The Morgan fingerprint density at radius 3 is 2.56 bits per heavy atom. The van der Waals surface area contributed by atoms with E-state index in [1.165, 1.54) is 6.07 Å². The fourth-order valence-electron chi connectivity index (χ4n) is 2.87. The van der Waals surface area contributed by atoms with Crippen LogP contribution in [0.2, 0.25) is 0 Å². The number of carbonyl (C=O) groups is 1. The molecular weight excluding hydrogens is 352 g/mol. The molecule has 0 aliphatic heterocycles. The summed E-state index contributed by atoms with van der Waals surface area (Å²) < 4.78 is 34.7. The number of para-hydroxylation sites is 1. The molecule has 0 radical (unpaired) electrons. The van der Waals surface area contributed by atoms with E-state index in [1.807, 2.05) is 13.0 Å². The van der Waals surface area contributed by atoms with Crippen LogP contribution in [0.1, 0.15) is 31.4 Å². The van der Waals surface area contributed by atoms with E-state index in [0.29, 0.717) is 12.2 Å². The van der Waals surface area contributed by atoms with Crippen LogP contribution >= 0.6 is 0 Å². The van der Waals surface area contributed by atoms with Crippen molar-refractivity contribution in [3.05, 3.63) is 59.7 Å². The van der Waals surface area contributed by atoms with Gasteiger partial charge in [-0.1, -0.05) is 31.2 Å². The van der Waals surface area contributed by atoms with Crippen LogP contribution in [0.25, 0.3) is 0 Å². The van der Waals surface area contributed by atoms with Gasteiger partial charge in [0.2, 0.25) is 5.91 Å². The lowest BCUT2D eigenvalue weighted by molar-refractivity contribution is -0.118. The molecule has 1 amide bonds. The number of carbonyl (C=O) groups excluding carboxylic acids is 1.